The summed E-state index contributed by atoms with van der Waals surface area (Å²) in [7, 11) is 1.70. The first-order valence-corrected chi connectivity index (χ1v) is 9.04. The molecule has 1 aromatic rings. The maximum absolute atomic E-state index is 12.2. The summed E-state index contributed by atoms with van der Waals surface area (Å²) < 4.78 is 11.1. The number of β-amino-alcohol motifs (C(OH)–C–C–N with tert-alkyl or cyclic N) is 1. The van der Waals surface area contributed by atoms with Gasteiger partial charge in [-0.15, -0.1) is 0 Å². The minimum Gasteiger partial charge on any atom is -0.461 e. The minimum atomic E-state index is -0.563. The smallest absolute Gasteiger partial charge is 0.246 e. The Labute approximate surface area is 149 Å². The van der Waals surface area contributed by atoms with Crippen molar-refractivity contribution in [3.8, 4) is 0 Å². The summed E-state index contributed by atoms with van der Waals surface area (Å²) in [6, 6.07) is 3.89. The summed E-state index contributed by atoms with van der Waals surface area (Å²) in [6.07, 6.45) is 3.82. The molecule has 138 valence electrons. The molecule has 1 aliphatic heterocycles. The number of carbonyl (C=O) groups excluding carboxylic acids is 1. The third-order valence-electron chi connectivity index (χ3n) is 4.95. The van der Waals surface area contributed by atoms with Gasteiger partial charge in [-0.25, -0.2) is 0 Å². The van der Waals surface area contributed by atoms with Crippen molar-refractivity contribution in [3.05, 3.63) is 29.7 Å². The van der Waals surface area contributed by atoms with E-state index in [-0.39, 0.29) is 5.91 Å². The molecule has 1 N–H and O–H groups in total. The number of rotatable bonds is 7. The standard InChI is InChI=1S/C19H28N2O4/c1-14-11-17(14)18-5-3-16(25-18)4-6-19(23)20(2)12-15(22)13-21-7-9-24-10-8-21/h3-6,14-15,17,22H,7-13H2,1-2H3. The molecule has 3 unspecified atom stereocenters. The van der Waals surface area contributed by atoms with Crippen LogP contribution in [0, 0.1) is 5.92 Å². The molecule has 0 aromatic carbocycles. The first-order chi connectivity index (χ1) is 12.0. The van der Waals surface area contributed by atoms with Crippen LogP contribution < -0.4 is 0 Å². The Balaban J connectivity index is 1.44. The van der Waals surface area contributed by atoms with Crippen LogP contribution in [0.3, 0.4) is 0 Å². The van der Waals surface area contributed by atoms with Gasteiger partial charge < -0.3 is 19.2 Å². The van der Waals surface area contributed by atoms with Gasteiger partial charge in [0.15, 0.2) is 0 Å². The van der Waals surface area contributed by atoms with Crippen LogP contribution in [0.15, 0.2) is 22.6 Å². The van der Waals surface area contributed by atoms with E-state index >= 15 is 0 Å². The van der Waals surface area contributed by atoms with Crippen molar-refractivity contribution in [2.24, 2.45) is 5.92 Å². The molecule has 2 aliphatic rings. The Hall–Kier alpha value is -1.63. The lowest BCUT2D eigenvalue weighted by Crippen LogP contribution is -2.44. The number of hydrogen-bond donors (Lipinski definition) is 1. The molecule has 3 atom stereocenters. The van der Waals surface area contributed by atoms with Crippen molar-refractivity contribution in [2.45, 2.75) is 25.4 Å². The lowest BCUT2D eigenvalue weighted by molar-refractivity contribution is -0.126. The van der Waals surface area contributed by atoms with Gasteiger partial charge in [0.2, 0.25) is 5.91 Å². The van der Waals surface area contributed by atoms with Crippen LogP contribution in [0.4, 0.5) is 0 Å². The first-order valence-electron chi connectivity index (χ1n) is 9.04. The molecule has 1 saturated heterocycles. The predicted molar refractivity (Wildman–Crippen MR) is 95.2 cm³/mol. The zero-order valence-corrected chi connectivity index (χ0v) is 15.1. The van der Waals surface area contributed by atoms with Crippen LogP contribution in [-0.2, 0) is 9.53 Å². The highest BCUT2D eigenvalue weighted by atomic mass is 16.5. The molecule has 2 fully saturated rings. The molecule has 1 amide bonds. The summed E-state index contributed by atoms with van der Waals surface area (Å²) in [4.78, 5) is 15.9. The number of ether oxygens (including phenoxy) is 1. The number of likely N-dealkylation sites (N-methyl/N-ethyl adjacent to an activating group) is 1. The van der Waals surface area contributed by atoms with Gasteiger partial charge in [0, 0.05) is 45.2 Å². The zero-order chi connectivity index (χ0) is 17.8. The molecule has 1 aromatic heterocycles. The van der Waals surface area contributed by atoms with E-state index in [1.54, 1.807) is 13.1 Å². The highest BCUT2D eigenvalue weighted by molar-refractivity contribution is 5.91. The highest BCUT2D eigenvalue weighted by Gasteiger charge is 2.36. The second-order valence-corrected chi connectivity index (χ2v) is 7.18. The second kappa shape index (κ2) is 8.17. The fourth-order valence-electron chi connectivity index (χ4n) is 3.20. The van der Waals surface area contributed by atoms with Crippen LogP contribution in [0.1, 0.15) is 30.8 Å². The topological polar surface area (TPSA) is 66.2 Å². The third kappa shape index (κ3) is 5.17. The molecular formula is C19H28N2O4. The fourth-order valence-corrected chi connectivity index (χ4v) is 3.20. The van der Waals surface area contributed by atoms with Crippen molar-refractivity contribution in [1.82, 2.24) is 9.80 Å². The molecule has 3 rings (SSSR count). The summed E-state index contributed by atoms with van der Waals surface area (Å²) >= 11 is 0. The van der Waals surface area contributed by atoms with Gasteiger partial charge in [0.1, 0.15) is 11.5 Å². The number of amides is 1. The van der Waals surface area contributed by atoms with Crippen LogP contribution in [0.25, 0.3) is 6.08 Å². The molecule has 6 heteroatoms. The zero-order valence-electron chi connectivity index (χ0n) is 15.1. The quantitative estimate of drug-likeness (QED) is 0.758. The van der Waals surface area contributed by atoms with Gasteiger partial charge in [-0.2, -0.15) is 0 Å². The molecular weight excluding hydrogens is 320 g/mol. The molecule has 0 radical (unpaired) electrons. The van der Waals surface area contributed by atoms with E-state index in [2.05, 4.69) is 11.8 Å². The maximum Gasteiger partial charge on any atom is 0.246 e. The van der Waals surface area contributed by atoms with Crippen molar-refractivity contribution >= 4 is 12.0 Å². The number of nitrogens with zero attached hydrogens (tertiary/aromatic N) is 2. The van der Waals surface area contributed by atoms with Gasteiger partial charge >= 0.3 is 0 Å². The molecule has 1 aliphatic carbocycles. The lowest BCUT2D eigenvalue weighted by atomic mass is 10.2. The predicted octanol–water partition coefficient (Wildman–Crippen LogP) is 1.57. The summed E-state index contributed by atoms with van der Waals surface area (Å²) in [6.45, 7) is 6.15. The maximum atomic E-state index is 12.2. The molecule has 6 nitrogen and oxygen atoms in total. The third-order valence-corrected chi connectivity index (χ3v) is 4.95. The average Bonchev–Trinajstić information content (AvgIpc) is 3.14. The van der Waals surface area contributed by atoms with E-state index in [1.807, 2.05) is 12.1 Å². The Morgan fingerprint density at radius 1 is 1.44 bits per heavy atom. The molecule has 1 saturated carbocycles. The number of furan rings is 1. The van der Waals surface area contributed by atoms with Crippen LogP contribution in [0.5, 0.6) is 0 Å². The Kier molecular flexibility index (Phi) is 5.93. The van der Waals surface area contributed by atoms with Gasteiger partial charge in [-0.05, 0) is 30.5 Å². The average molecular weight is 348 g/mol. The molecule has 25 heavy (non-hydrogen) atoms. The highest BCUT2D eigenvalue weighted by Crippen LogP contribution is 2.47. The Morgan fingerprint density at radius 2 is 2.16 bits per heavy atom. The van der Waals surface area contributed by atoms with Gasteiger partial charge in [0.05, 0.1) is 19.3 Å². The lowest BCUT2D eigenvalue weighted by Gasteiger charge is -2.29. The van der Waals surface area contributed by atoms with Crippen molar-refractivity contribution in [2.75, 3.05) is 46.4 Å². The summed E-state index contributed by atoms with van der Waals surface area (Å²) in [5.41, 5.74) is 0. The SMILES string of the molecule is CC1CC1c1ccc(C=CC(=O)N(C)CC(O)CN2CCOCC2)o1. The van der Waals surface area contributed by atoms with E-state index < -0.39 is 6.10 Å². The number of carbonyl (C=O) groups is 1. The molecule has 0 spiro atoms. The fraction of sp³-hybridized carbons (Fsp3) is 0.632. The van der Waals surface area contributed by atoms with Crippen LogP contribution >= 0.6 is 0 Å². The van der Waals surface area contributed by atoms with Gasteiger partial charge in [-0.1, -0.05) is 6.92 Å². The van der Waals surface area contributed by atoms with E-state index in [1.165, 1.54) is 17.4 Å². The summed E-state index contributed by atoms with van der Waals surface area (Å²) in [5, 5.41) is 10.2. The largest absolute Gasteiger partial charge is 0.461 e. The van der Waals surface area contributed by atoms with E-state index in [4.69, 9.17) is 9.15 Å². The van der Waals surface area contributed by atoms with Crippen molar-refractivity contribution < 1.29 is 19.1 Å². The van der Waals surface area contributed by atoms with Gasteiger partial charge in [-0.3, -0.25) is 9.69 Å². The molecule has 0 bridgehead atoms. The second-order valence-electron chi connectivity index (χ2n) is 7.18. The minimum absolute atomic E-state index is 0.140. The monoisotopic (exact) mass is 348 g/mol. The normalized spacial score (nSPS) is 25.2. The van der Waals surface area contributed by atoms with Gasteiger partial charge in [0.25, 0.3) is 0 Å². The number of morpholine rings is 1. The Bertz CT molecular complexity index is 606. The Morgan fingerprint density at radius 3 is 2.84 bits per heavy atom. The number of aliphatic hydroxyl groups excluding tert-OH is 1. The number of aliphatic hydroxyl groups is 1. The van der Waals surface area contributed by atoms with E-state index in [0.717, 1.165) is 18.8 Å². The van der Waals surface area contributed by atoms with Crippen molar-refractivity contribution in [1.29, 1.82) is 0 Å². The summed E-state index contributed by atoms with van der Waals surface area (Å²) in [5.74, 6) is 2.80. The van der Waals surface area contributed by atoms with E-state index in [9.17, 15) is 9.90 Å². The van der Waals surface area contributed by atoms with Crippen LogP contribution in [-0.4, -0.2) is 73.4 Å². The molecule has 2 heterocycles. The first kappa shape index (κ1) is 18.2. The van der Waals surface area contributed by atoms with E-state index in [0.29, 0.717) is 43.9 Å². The number of hydrogen-bond acceptors (Lipinski definition) is 5. The van der Waals surface area contributed by atoms with Crippen LogP contribution in [0.2, 0.25) is 0 Å². The van der Waals surface area contributed by atoms with Crippen molar-refractivity contribution in [3.63, 3.8) is 0 Å².